The van der Waals surface area contributed by atoms with E-state index in [0.29, 0.717) is 0 Å². The molecule has 0 saturated heterocycles. The van der Waals surface area contributed by atoms with Crippen LogP contribution >= 0.6 is 0 Å². The topological polar surface area (TPSA) is 59.3 Å². The molecule has 0 aliphatic carbocycles. The number of hydrogen-bond donors (Lipinski definition) is 0. The zero-order valence-electron chi connectivity index (χ0n) is 9.49. The van der Waals surface area contributed by atoms with Crippen LogP contribution in [0.25, 0.3) is 0 Å². The zero-order valence-corrected chi connectivity index (χ0v) is 9.49. The third kappa shape index (κ3) is 3.13. The number of nitriles is 1. The molecule has 1 rings (SSSR count). The number of nitrogens with zero attached hydrogens (tertiary/aromatic N) is 1. The van der Waals surface area contributed by atoms with Crippen molar-refractivity contribution in [3.8, 4) is 11.8 Å². The van der Waals surface area contributed by atoms with Gasteiger partial charge in [-0.2, -0.15) is 14.0 Å². The Morgan fingerprint density at radius 1 is 1.32 bits per heavy atom. The second-order valence-electron chi connectivity index (χ2n) is 3.18. The molecule has 8 heteroatoms. The van der Waals surface area contributed by atoms with E-state index in [0.717, 1.165) is 19.2 Å². The highest BCUT2D eigenvalue weighted by molar-refractivity contribution is 5.94. The average Bonchev–Trinajstić information content (AvgIpc) is 2.36. The number of carbonyl (C=O) groups excluding carboxylic acids is 1. The van der Waals surface area contributed by atoms with Crippen molar-refractivity contribution >= 4 is 5.97 Å². The van der Waals surface area contributed by atoms with E-state index in [4.69, 9.17) is 5.26 Å². The highest BCUT2D eigenvalue weighted by atomic mass is 19.3. The summed E-state index contributed by atoms with van der Waals surface area (Å²) in [4.78, 5) is 11.4. The van der Waals surface area contributed by atoms with Gasteiger partial charge in [0, 0.05) is 0 Å². The molecular weight excluding hydrogens is 270 g/mol. The van der Waals surface area contributed by atoms with Gasteiger partial charge in [-0.05, 0) is 12.1 Å². The van der Waals surface area contributed by atoms with Crippen molar-refractivity contribution in [2.45, 2.75) is 13.0 Å². The molecule has 0 saturated carbocycles. The van der Waals surface area contributed by atoms with Crippen molar-refractivity contribution in [1.82, 2.24) is 0 Å². The number of benzene rings is 1. The fourth-order valence-electron chi connectivity index (χ4n) is 1.43. The lowest BCUT2D eigenvalue weighted by Crippen LogP contribution is -2.13. The van der Waals surface area contributed by atoms with Crippen LogP contribution in [-0.4, -0.2) is 19.7 Å². The largest absolute Gasteiger partial charge is 0.465 e. The summed E-state index contributed by atoms with van der Waals surface area (Å²) >= 11 is 0. The molecule has 0 amide bonds. The first-order chi connectivity index (χ1) is 8.92. The van der Waals surface area contributed by atoms with Crippen LogP contribution < -0.4 is 4.74 Å². The van der Waals surface area contributed by atoms with Crippen molar-refractivity contribution in [3.63, 3.8) is 0 Å². The van der Waals surface area contributed by atoms with Crippen LogP contribution in [-0.2, 0) is 4.74 Å². The van der Waals surface area contributed by atoms with Crippen molar-refractivity contribution in [1.29, 1.82) is 5.26 Å². The number of esters is 1. The molecule has 0 radical (unpaired) electrons. The second kappa shape index (κ2) is 6.04. The van der Waals surface area contributed by atoms with E-state index < -0.39 is 41.4 Å². The normalized spacial score (nSPS) is 10.4. The Kier molecular flexibility index (Phi) is 4.69. The van der Waals surface area contributed by atoms with Crippen LogP contribution in [0.2, 0.25) is 0 Å². The summed E-state index contributed by atoms with van der Waals surface area (Å²) in [7, 11) is 0.916. The Bertz CT molecular complexity index is 525. The van der Waals surface area contributed by atoms with Gasteiger partial charge in [-0.1, -0.05) is 0 Å². The summed E-state index contributed by atoms with van der Waals surface area (Å²) < 4.78 is 58.2. The first-order valence-electron chi connectivity index (χ1n) is 4.80. The molecule has 0 aliphatic heterocycles. The fourth-order valence-corrected chi connectivity index (χ4v) is 1.43. The molecule has 0 aromatic heterocycles. The molecule has 0 aliphatic rings. The number of rotatable bonds is 4. The van der Waals surface area contributed by atoms with Gasteiger partial charge in [0.2, 0.25) is 0 Å². The lowest BCUT2D eigenvalue weighted by molar-refractivity contribution is -0.0521. The SMILES string of the molecule is COC(=O)c1c(C#N)ccc(OC(F)F)c1C(F)F. The van der Waals surface area contributed by atoms with Gasteiger partial charge in [0.1, 0.15) is 11.8 Å². The van der Waals surface area contributed by atoms with Gasteiger partial charge >= 0.3 is 12.6 Å². The minimum atomic E-state index is -3.34. The number of methoxy groups -OCH3 is 1. The molecule has 0 spiro atoms. The summed E-state index contributed by atoms with van der Waals surface area (Å²) in [6, 6.07) is 3.21. The molecule has 0 N–H and O–H groups in total. The van der Waals surface area contributed by atoms with Gasteiger partial charge in [-0.3, -0.25) is 0 Å². The summed E-state index contributed by atoms with van der Waals surface area (Å²) in [5.74, 6) is -2.10. The van der Waals surface area contributed by atoms with Gasteiger partial charge < -0.3 is 9.47 Å². The molecule has 19 heavy (non-hydrogen) atoms. The Hall–Kier alpha value is -2.30. The van der Waals surface area contributed by atoms with Crippen molar-refractivity contribution < 1.29 is 31.8 Å². The summed E-state index contributed by atoms with van der Waals surface area (Å²) in [5, 5.41) is 8.75. The predicted molar refractivity (Wildman–Crippen MR) is 54.1 cm³/mol. The number of carbonyl (C=O) groups is 1. The smallest absolute Gasteiger partial charge is 0.387 e. The number of halogens is 4. The third-order valence-electron chi connectivity index (χ3n) is 2.15. The summed E-state index contributed by atoms with van der Waals surface area (Å²) in [6.07, 6.45) is -3.28. The minimum Gasteiger partial charge on any atom is -0.465 e. The molecule has 1 aromatic carbocycles. The molecule has 1 aromatic rings. The van der Waals surface area contributed by atoms with Gasteiger partial charge in [-0.25, -0.2) is 13.6 Å². The van der Waals surface area contributed by atoms with Crippen LogP contribution in [0.1, 0.15) is 27.9 Å². The van der Waals surface area contributed by atoms with E-state index in [1.54, 1.807) is 0 Å². The van der Waals surface area contributed by atoms with Crippen molar-refractivity contribution in [3.05, 3.63) is 28.8 Å². The van der Waals surface area contributed by atoms with Gasteiger partial charge in [0.15, 0.2) is 0 Å². The Labute approximate surface area is 105 Å². The fraction of sp³-hybridized carbons (Fsp3) is 0.273. The Morgan fingerprint density at radius 3 is 2.37 bits per heavy atom. The van der Waals surface area contributed by atoms with Crippen LogP contribution in [0.5, 0.6) is 5.75 Å². The highest BCUT2D eigenvalue weighted by Gasteiger charge is 2.28. The maximum atomic E-state index is 12.9. The van der Waals surface area contributed by atoms with Crippen LogP contribution in [0.15, 0.2) is 12.1 Å². The first kappa shape index (κ1) is 14.8. The number of alkyl halides is 4. The molecule has 4 nitrogen and oxygen atoms in total. The molecule has 0 atom stereocenters. The van der Waals surface area contributed by atoms with Crippen LogP contribution in [0.3, 0.4) is 0 Å². The van der Waals surface area contributed by atoms with Crippen molar-refractivity contribution in [2.24, 2.45) is 0 Å². The molecule has 102 valence electrons. The molecule has 0 heterocycles. The average molecular weight is 277 g/mol. The maximum absolute atomic E-state index is 12.9. The summed E-state index contributed by atoms with van der Waals surface area (Å²) in [5.41, 5.74) is -2.28. The lowest BCUT2D eigenvalue weighted by Gasteiger charge is -2.14. The Morgan fingerprint density at radius 2 is 1.95 bits per heavy atom. The molecule has 0 unspecified atom stereocenters. The predicted octanol–water partition coefficient (Wildman–Crippen LogP) is 2.88. The monoisotopic (exact) mass is 277 g/mol. The quantitative estimate of drug-likeness (QED) is 0.627. The number of hydrogen-bond acceptors (Lipinski definition) is 4. The lowest BCUT2D eigenvalue weighted by atomic mass is 10.0. The second-order valence-corrected chi connectivity index (χ2v) is 3.18. The van der Waals surface area contributed by atoms with Gasteiger partial charge in [0.05, 0.1) is 23.8 Å². The molecular formula is C11H7F4NO3. The molecule has 0 fully saturated rings. The standard InChI is InChI=1S/C11H7F4NO3/c1-18-10(17)7-5(4-16)2-3-6(19-11(14)15)8(7)9(12)13/h2-3,9,11H,1H3. The first-order valence-corrected chi connectivity index (χ1v) is 4.80. The maximum Gasteiger partial charge on any atom is 0.387 e. The van der Waals surface area contributed by atoms with E-state index in [9.17, 15) is 22.4 Å². The molecule has 0 bridgehead atoms. The minimum absolute atomic E-state index is 0.413. The number of ether oxygens (including phenoxy) is 2. The van der Waals surface area contributed by atoms with Crippen LogP contribution in [0.4, 0.5) is 17.6 Å². The van der Waals surface area contributed by atoms with Crippen LogP contribution in [0, 0.1) is 11.3 Å². The van der Waals surface area contributed by atoms with E-state index in [-0.39, 0.29) is 0 Å². The van der Waals surface area contributed by atoms with E-state index in [2.05, 4.69) is 9.47 Å². The van der Waals surface area contributed by atoms with E-state index in [1.807, 2.05) is 0 Å². The zero-order chi connectivity index (χ0) is 14.6. The van der Waals surface area contributed by atoms with Gasteiger partial charge in [0.25, 0.3) is 6.43 Å². The van der Waals surface area contributed by atoms with E-state index >= 15 is 0 Å². The van der Waals surface area contributed by atoms with Crippen molar-refractivity contribution in [2.75, 3.05) is 7.11 Å². The highest BCUT2D eigenvalue weighted by Crippen LogP contribution is 2.35. The third-order valence-corrected chi connectivity index (χ3v) is 2.15. The summed E-state index contributed by atoms with van der Waals surface area (Å²) in [6.45, 7) is -3.34. The Balaban J connectivity index is 3.54. The van der Waals surface area contributed by atoms with E-state index in [1.165, 1.54) is 6.07 Å². The van der Waals surface area contributed by atoms with Gasteiger partial charge in [-0.15, -0.1) is 0 Å².